The van der Waals surface area contributed by atoms with Crippen LogP contribution in [-0.4, -0.2) is 30.9 Å². The summed E-state index contributed by atoms with van der Waals surface area (Å²) in [5.41, 5.74) is 1.58. The standard InChI is InChI=1S/C19H20N2O3/c1-12-4-9-16-15(10-12)19(24,18(23)20-16)11-17(22)13-5-7-14(8-6-13)21(2)3/h4-10,24H,11H2,1-3H3,(H,20,23)/t19-/m0/s1. The van der Waals surface area contributed by atoms with Gasteiger partial charge in [0.2, 0.25) is 0 Å². The lowest BCUT2D eigenvalue weighted by Gasteiger charge is -2.20. The van der Waals surface area contributed by atoms with Crippen molar-refractivity contribution in [2.45, 2.75) is 18.9 Å². The van der Waals surface area contributed by atoms with Crippen LogP contribution in [0.2, 0.25) is 0 Å². The maximum atomic E-state index is 12.6. The first-order valence-electron chi connectivity index (χ1n) is 7.77. The summed E-state index contributed by atoms with van der Waals surface area (Å²) in [7, 11) is 3.84. The van der Waals surface area contributed by atoms with Crippen LogP contribution in [-0.2, 0) is 10.4 Å². The largest absolute Gasteiger partial charge is 0.378 e. The summed E-state index contributed by atoms with van der Waals surface area (Å²) in [5.74, 6) is -0.825. The number of carbonyl (C=O) groups excluding carboxylic acids is 2. The second-order valence-electron chi connectivity index (χ2n) is 6.40. The Kier molecular flexibility index (Phi) is 3.89. The van der Waals surface area contributed by atoms with Crippen LogP contribution >= 0.6 is 0 Å². The smallest absolute Gasteiger partial charge is 0.261 e. The maximum absolute atomic E-state index is 12.6. The number of fused-ring (bicyclic) bond motifs is 1. The highest BCUT2D eigenvalue weighted by molar-refractivity contribution is 6.09. The Balaban J connectivity index is 1.89. The molecule has 5 heteroatoms. The van der Waals surface area contributed by atoms with Gasteiger partial charge in [0, 0.05) is 36.6 Å². The molecule has 0 saturated heterocycles. The number of carbonyl (C=O) groups is 2. The number of amides is 1. The van der Waals surface area contributed by atoms with E-state index in [2.05, 4.69) is 5.32 Å². The van der Waals surface area contributed by atoms with E-state index in [1.807, 2.05) is 44.1 Å². The first-order chi connectivity index (χ1) is 11.3. The summed E-state index contributed by atoms with van der Waals surface area (Å²) in [6, 6.07) is 12.4. The van der Waals surface area contributed by atoms with Crippen LogP contribution in [0.15, 0.2) is 42.5 Å². The van der Waals surface area contributed by atoms with Gasteiger partial charge < -0.3 is 15.3 Å². The maximum Gasteiger partial charge on any atom is 0.261 e. The molecule has 1 heterocycles. The molecule has 0 radical (unpaired) electrons. The number of nitrogens with one attached hydrogen (secondary N) is 1. The Hall–Kier alpha value is -2.66. The Morgan fingerprint density at radius 3 is 2.46 bits per heavy atom. The number of anilines is 2. The van der Waals surface area contributed by atoms with E-state index in [4.69, 9.17) is 0 Å². The third-order valence-corrected chi connectivity index (χ3v) is 4.37. The molecular weight excluding hydrogens is 304 g/mol. The number of hydrogen-bond acceptors (Lipinski definition) is 4. The average molecular weight is 324 g/mol. The first-order valence-corrected chi connectivity index (χ1v) is 7.77. The minimum Gasteiger partial charge on any atom is -0.378 e. The van der Waals surface area contributed by atoms with Gasteiger partial charge in [0.25, 0.3) is 5.91 Å². The minimum atomic E-state index is -1.82. The Bertz CT molecular complexity index is 812. The van der Waals surface area contributed by atoms with Crippen molar-refractivity contribution in [2.24, 2.45) is 0 Å². The van der Waals surface area contributed by atoms with Crippen molar-refractivity contribution >= 4 is 23.1 Å². The summed E-state index contributed by atoms with van der Waals surface area (Å²) in [6.07, 6.45) is -0.281. The van der Waals surface area contributed by atoms with Gasteiger partial charge in [-0.15, -0.1) is 0 Å². The van der Waals surface area contributed by atoms with Gasteiger partial charge in [-0.2, -0.15) is 0 Å². The monoisotopic (exact) mass is 324 g/mol. The van der Waals surface area contributed by atoms with Gasteiger partial charge in [0.1, 0.15) is 0 Å². The SMILES string of the molecule is Cc1ccc2c(c1)[C@@](O)(CC(=O)c1ccc(N(C)C)cc1)C(=O)N2. The lowest BCUT2D eigenvalue weighted by molar-refractivity contribution is -0.133. The summed E-state index contributed by atoms with van der Waals surface area (Å²) in [6.45, 7) is 1.88. The van der Waals surface area contributed by atoms with E-state index in [-0.39, 0.29) is 12.2 Å². The molecule has 0 spiro atoms. The number of benzene rings is 2. The van der Waals surface area contributed by atoms with Crippen molar-refractivity contribution in [1.82, 2.24) is 0 Å². The second kappa shape index (κ2) is 5.76. The van der Waals surface area contributed by atoms with E-state index in [9.17, 15) is 14.7 Å². The van der Waals surface area contributed by atoms with Crippen LogP contribution in [0.25, 0.3) is 0 Å². The normalized spacial score (nSPS) is 18.9. The van der Waals surface area contributed by atoms with E-state index in [0.717, 1.165) is 11.3 Å². The van der Waals surface area contributed by atoms with Crippen molar-refractivity contribution in [3.8, 4) is 0 Å². The Morgan fingerprint density at radius 1 is 1.17 bits per heavy atom. The number of aryl methyl sites for hydroxylation is 1. The molecule has 0 fully saturated rings. The van der Waals surface area contributed by atoms with Crippen LogP contribution in [0.3, 0.4) is 0 Å². The molecule has 0 saturated carbocycles. The molecule has 24 heavy (non-hydrogen) atoms. The molecule has 0 unspecified atom stereocenters. The van der Waals surface area contributed by atoms with Crippen molar-refractivity contribution in [1.29, 1.82) is 0 Å². The topological polar surface area (TPSA) is 69.6 Å². The second-order valence-corrected chi connectivity index (χ2v) is 6.40. The third kappa shape index (κ3) is 2.67. The lowest BCUT2D eigenvalue weighted by Crippen LogP contribution is -2.36. The highest BCUT2D eigenvalue weighted by Gasteiger charge is 2.46. The van der Waals surface area contributed by atoms with Gasteiger partial charge in [0.15, 0.2) is 11.4 Å². The zero-order valence-corrected chi connectivity index (χ0v) is 14.0. The van der Waals surface area contributed by atoms with Crippen molar-refractivity contribution in [3.05, 3.63) is 59.2 Å². The third-order valence-electron chi connectivity index (χ3n) is 4.37. The van der Waals surface area contributed by atoms with Crippen LogP contribution < -0.4 is 10.2 Å². The molecule has 1 aliphatic rings. The predicted octanol–water partition coefficient (Wildman–Crippen LogP) is 2.47. The highest BCUT2D eigenvalue weighted by Crippen LogP contribution is 2.39. The van der Waals surface area contributed by atoms with Crippen LogP contribution in [0.4, 0.5) is 11.4 Å². The van der Waals surface area contributed by atoms with Gasteiger partial charge in [-0.05, 0) is 37.3 Å². The average Bonchev–Trinajstić information content (AvgIpc) is 2.78. The molecule has 1 atom stereocenters. The molecule has 0 aliphatic carbocycles. The zero-order chi connectivity index (χ0) is 17.5. The number of aliphatic hydroxyl groups is 1. The van der Waals surface area contributed by atoms with Gasteiger partial charge in [-0.3, -0.25) is 9.59 Å². The zero-order valence-electron chi connectivity index (χ0n) is 14.0. The molecular formula is C19H20N2O3. The number of Topliss-reactive ketones (excluding diaryl/α,β-unsaturated/α-hetero) is 1. The Labute approximate surface area is 140 Å². The molecule has 0 bridgehead atoms. The molecule has 124 valence electrons. The molecule has 3 rings (SSSR count). The molecule has 0 aromatic heterocycles. The van der Waals surface area contributed by atoms with Crippen LogP contribution in [0, 0.1) is 6.92 Å². The Morgan fingerprint density at radius 2 is 1.83 bits per heavy atom. The van der Waals surface area contributed by atoms with Gasteiger partial charge in [-0.25, -0.2) is 0 Å². The quantitative estimate of drug-likeness (QED) is 0.848. The molecule has 5 nitrogen and oxygen atoms in total. The number of rotatable bonds is 4. The number of hydrogen-bond donors (Lipinski definition) is 2. The molecule has 1 amide bonds. The number of nitrogens with zero attached hydrogens (tertiary/aromatic N) is 1. The van der Waals surface area contributed by atoms with Crippen molar-refractivity contribution in [3.63, 3.8) is 0 Å². The lowest BCUT2D eigenvalue weighted by atomic mass is 9.87. The van der Waals surface area contributed by atoms with Crippen molar-refractivity contribution < 1.29 is 14.7 Å². The molecule has 2 aromatic rings. The fourth-order valence-electron chi connectivity index (χ4n) is 2.91. The van der Waals surface area contributed by atoms with Crippen LogP contribution in [0.5, 0.6) is 0 Å². The summed E-state index contributed by atoms with van der Waals surface area (Å²) < 4.78 is 0. The fraction of sp³-hybridized carbons (Fsp3) is 0.263. The summed E-state index contributed by atoms with van der Waals surface area (Å²) in [4.78, 5) is 26.8. The first kappa shape index (κ1) is 16.2. The van der Waals surface area contributed by atoms with E-state index in [1.165, 1.54) is 0 Å². The van der Waals surface area contributed by atoms with E-state index < -0.39 is 11.5 Å². The fourth-order valence-corrected chi connectivity index (χ4v) is 2.91. The van der Waals surface area contributed by atoms with E-state index in [1.54, 1.807) is 24.3 Å². The van der Waals surface area contributed by atoms with Gasteiger partial charge in [0.05, 0.1) is 6.42 Å². The minimum absolute atomic E-state index is 0.271. The van der Waals surface area contributed by atoms with Crippen molar-refractivity contribution in [2.75, 3.05) is 24.3 Å². The van der Waals surface area contributed by atoms with Crippen LogP contribution in [0.1, 0.15) is 27.9 Å². The predicted molar refractivity (Wildman–Crippen MR) is 93.4 cm³/mol. The highest BCUT2D eigenvalue weighted by atomic mass is 16.3. The van der Waals surface area contributed by atoms with E-state index >= 15 is 0 Å². The van der Waals surface area contributed by atoms with Gasteiger partial charge >= 0.3 is 0 Å². The van der Waals surface area contributed by atoms with E-state index in [0.29, 0.717) is 16.8 Å². The summed E-state index contributed by atoms with van der Waals surface area (Å²) in [5, 5.41) is 13.5. The molecule has 2 N–H and O–H groups in total. The molecule has 1 aliphatic heterocycles. The number of ketones is 1. The molecule has 2 aromatic carbocycles. The van der Waals surface area contributed by atoms with Gasteiger partial charge in [-0.1, -0.05) is 17.7 Å². The summed E-state index contributed by atoms with van der Waals surface area (Å²) >= 11 is 0.